The summed E-state index contributed by atoms with van der Waals surface area (Å²) in [5.74, 6) is 1.37. The second-order valence-corrected chi connectivity index (χ2v) is 7.76. The minimum atomic E-state index is 0.595. The third-order valence-corrected chi connectivity index (χ3v) is 5.57. The predicted molar refractivity (Wildman–Crippen MR) is 123 cm³/mol. The number of hydrogen-bond donors (Lipinski definition) is 0. The lowest BCUT2D eigenvalue weighted by Gasteiger charge is -2.20. The Labute approximate surface area is 182 Å². The summed E-state index contributed by atoms with van der Waals surface area (Å²) in [4.78, 5) is 11.0. The van der Waals surface area contributed by atoms with Crippen LogP contribution in [0.4, 0.5) is 0 Å². The molecule has 0 spiro atoms. The Morgan fingerprint density at radius 1 is 0.935 bits per heavy atom. The number of rotatable bonds is 5. The molecule has 0 atom stereocenters. The van der Waals surface area contributed by atoms with Crippen molar-refractivity contribution >= 4 is 5.70 Å². The van der Waals surface area contributed by atoms with Crippen molar-refractivity contribution in [3.05, 3.63) is 114 Å². The largest absolute Gasteiger partial charge is 0.439 e. The quantitative estimate of drug-likeness (QED) is 0.394. The monoisotopic (exact) mass is 405 g/mol. The molecule has 1 aliphatic heterocycles. The van der Waals surface area contributed by atoms with Gasteiger partial charge in [-0.3, -0.25) is 4.98 Å². The highest BCUT2D eigenvalue weighted by Crippen LogP contribution is 2.37. The molecule has 4 aromatic rings. The fraction of sp³-hybridized carbons (Fsp3) is 0.111. The molecule has 5 rings (SSSR count). The maximum Gasteiger partial charge on any atom is 0.219 e. The van der Waals surface area contributed by atoms with Crippen molar-refractivity contribution in [2.75, 3.05) is 0 Å². The third-order valence-electron chi connectivity index (χ3n) is 5.57. The van der Waals surface area contributed by atoms with Crippen LogP contribution in [0.1, 0.15) is 22.3 Å². The normalized spacial score (nSPS) is 12.7. The molecule has 0 N–H and O–H groups in total. The highest BCUT2D eigenvalue weighted by atomic mass is 16.5. The maximum atomic E-state index is 5.80. The molecule has 2 aromatic heterocycles. The van der Waals surface area contributed by atoms with E-state index in [0.717, 1.165) is 35.8 Å². The van der Waals surface area contributed by atoms with Gasteiger partial charge in [0.15, 0.2) is 0 Å². The smallest absolute Gasteiger partial charge is 0.219 e. The number of aromatic nitrogens is 2. The molecule has 152 valence electrons. The van der Waals surface area contributed by atoms with E-state index >= 15 is 0 Å². The van der Waals surface area contributed by atoms with Crippen LogP contribution in [0.25, 0.3) is 17.0 Å². The number of nitrogens with zero attached hydrogens (tertiary/aromatic N) is 3. The van der Waals surface area contributed by atoms with E-state index < -0.39 is 0 Å². The molecule has 4 nitrogen and oxygen atoms in total. The van der Waals surface area contributed by atoms with Crippen molar-refractivity contribution in [1.82, 2.24) is 14.9 Å². The molecule has 0 saturated heterocycles. The molecule has 0 aliphatic carbocycles. The second kappa shape index (κ2) is 8.07. The van der Waals surface area contributed by atoms with Crippen molar-refractivity contribution < 1.29 is 4.74 Å². The average Bonchev–Trinajstić information content (AvgIpc) is 3.12. The van der Waals surface area contributed by atoms with Crippen LogP contribution < -0.4 is 4.74 Å². The first-order chi connectivity index (χ1) is 15.2. The zero-order valence-corrected chi connectivity index (χ0v) is 17.5. The van der Waals surface area contributed by atoms with Crippen LogP contribution in [0.3, 0.4) is 0 Å². The summed E-state index contributed by atoms with van der Waals surface area (Å²) < 4.78 is 5.80. The lowest BCUT2D eigenvalue weighted by molar-refractivity contribution is 0.403. The van der Waals surface area contributed by atoms with Crippen LogP contribution in [-0.4, -0.2) is 14.9 Å². The fourth-order valence-electron chi connectivity index (χ4n) is 4.10. The van der Waals surface area contributed by atoms with Gasteiger partial charge in [0.1, 0.15) is 5.75 Å². The topological polar surface area (TPSA) is 38.2 Å². The Kier molecular flexibility index (Phi) is 4.97. The molecule has 3 heterocycles. The molecule has 0 unspecified atom stereocenters. The van der Waals surface area contributed by atoms with Crippen molar-refractivity contribution in [3.63, 3.8) is 0 Å². The Balaban J connectivity index is 1.32. The van der Waals surface area contributed by atoms with E-state index in [0.29, 0.717) is 5.88 Å². The summed E-state index contributed by atoms with van der Waals surface area (Å²) in [6, 6.07) is 24.3. The van der Waals surface area contributed by atoms with Crippen LogP contribution in [0.5, 0.6) is 11.6 Å². The van der Waals surface area contributed by atoms with Gasteiger partial charge in [0.05, 0.1) is 5.69 Å². The Hall–Kier alpha value is -3.92. The van der Waals surface area contributed by atoms with Gasteiger partial charge in [0.2, 0.25) is 5.88 Å². The van der Waals surface area contributed by atoms with E-state index in [1.165, 1.54) is 22.3 Å². The van der Waals surface area contributed by atoms with E-state index in [9.17, 15) is 0 Å². The highest BCUT2D eigenvalue weighted by molar-refractivity contribution is 5.76. The Bertz CT molecular complexity index is 1220. The highest BCUT2D eigenvalue weighted by Gasteiger charge is 2.25. The molecule has 1 aliphatic rings. The van der Waals surface area contributed by atoms with Crippen molar-refractivity contribution in [2.24, 2.45) is 0 Å². The summed E-state index contributed by atoms with van der Waals surface area (Å²) in [6.45, 7) is 8.19. The molecule has 2 aromatic carbocycles. The van der Waals surface area contributed by atoms with Gasteiger partial charge in [-0.15, -0.1) is 0 Å². The number of aryl methyl sites for hydroxylation is 1. The first kappa shape index (κ1) is 19.1. The number of ether oxygens (including phenoxy) is 1. The van der Waals surface area contributed by atoms with Gasteiger partial charge in [0.25, 0.3) is 0 Å². The number of fused-ring (bicyclic) bond motifs is 1. The summed E-state index contributed by atoms with van der Waals surface area (Å²) in [6.07, 6.45) is 3.56. The molecule has 31 heavy (non-hydrogen) atoms. The average molecular weight is 406 g/mol. The SMILES string of the molecule is C=C1c2c(C)cc(-c3ccccn3)cc2CN1Cc1ccc(Oc2ccccn2)cc1. The minimum Gasteiger partial charge on any atom is -0.439 e. The van der Waals surface area contributed by atoms with Gasteiger partial charge < -0.3 is 9.64 Å². The zero-order valence-electron chi connectivity index (χ0n) is 17.5. The Morgan fingerprint density at radius 3 is 2.42 bits per heavy atom. The minimum absolute atomic E-state index is 0.595. The predicted octanol–water partition coefficient (Wildman–Crippen LogP) is 6.23. The molecule has 0 bridgehead atoms. The number of pyridine rings is 2. The van der Waals surface area contributed by atoms with Gasteiger partial charge in [-0.05, 0) is 66.1 Å². The molecule has 0 fully saturated rings. The van der Waals surface area contributed by atoms with E-state index in [2.05, 4.69) is 58.7 Å². The van der Waals surface area contributed by atoms with E-state index in [1.54, 1.807) is 6.20 Å². The van der Waals surface area contributed by atoms with Gasteiger partial charge >= 0.3 is 0 Å². The molecule has 0 saturated carbocycles. The van der Waals surface area contributed by atoms with Crippen LogP contribution in [0.15, 0.2) is 91.8 Å². The van der Waals surface area contributed by atoms with E-state index in [1.807, 2.05) is 48.7 Å². The number of benzene rings is 2. The maximum absolute atomic E-state index is 5.80. The van der Waals surface area contributed by atoms with Crippen LogP contribution >= 0.6 is 0 Å². The molecule has 4 heteroatoms. The standard InChI is InChI=1S/C27H23N3O/c1-19-15-22(25-7-3-5-13-28-25)16-23-18-30(20(2)27(19)23)17-21-9-11-24(12-10-21)31-26-8-4-6-14-29-26/h3-16H,2,17-18H2,1H3. The Morgan fingerprint density at radius 2 is 1.71 bits per heavy atom. The summed E-state index contributed by atoms with van der Waals surface area (Å²) in [5.41, 5.74) is 8.25. The van der Waals surface area contributed by atoms with Gasteiger partial charge in [-0.25, -0.2) is 4.98 Å². The summed E-state index contributed by atoms with van der Waals surface area (Å²) in [7, 11) is 0. The molecule has 0 radical (unpaired) electrons. The first-order valence-corrected chi connectivity index (χ1v) is 10.3. The molecular formula is C27H23N3O. The van der Waals surface area contributed by atoms with Gasteiger partial charge in [0, 0.05) is 48.4 Å². The van der Waals surface area contributed by atoms with E-state index in [-0.39, 0.29) is 0 Å². The van der Waals surface area contributed by atoms with Crippen LogP contribution in [-0.2, 0) is 13.1 Å². The lowest BCUT2D eigenvalue weighted by atomic mass is 9.98. The first-order valence-electron chi connectivity index (χ1n) is 10.3. The lowest BCUT2D eigenvalue weighted by Crippen LogP contribution is -2.14. The number of hydrogen-bond acceptors (Lipinski definition) is 4. The van der Waals surface area contributed by atoms with Crippen LogP contribution in [0, 0.1) is 6.92 Å². The van der Waals surface area contributed by atoms with Gasteiger partial charge in [-0.1, -0.05) is 30.8 Å². The van der Waals surface area contributed by atoms with Crippen molar-refractivity contribution in [3.8, 4) is 22.9 Å². The third kappa shape index (κ3) is 3.92. The fourth-order valence-corrected chi connectivity index (χ4v) is 4.10. The van der Waals surface area contributed by atoms with Crippen LogP contribution in [0.2, 0.25) is 0 Å². The van der Waals surface area contributed by atoms with Crippen molar-refractivity contribution in [2.45, 2.75) is 20.0 Å². The molecule has 0 amide bonds. The summed E-state index contributed by atoms with van der Waals surface area (Å²) in [5, 5.41) is 0. The zero-order chi connectivity index (χ0) is 21.2. The second-order valence-electron chi connectivity index (χ2n) is 7.76. The van der Waals surface area contributed by atoms with E-state index in [4.69, 9.17) is 4.74 Å². The molecular weight excluding hydrogens is 382 g/mol. The summed E-state index contributed by atoms with van der Waals surface area (Å²) >= 11 is 0. The van der Waals surface area contributed by atoms with Gasteiger partial charge in [-0.2, -0.15) is 0 Å². The van der Waals surface area contributed by atoms with Crippen molar-refractivity contribution in [1.29, 1.82) is 0 Å².